The largest absolute Gasteiger partial charge is 0.388 e. The summed E-state index contributed by atoms with van der Waals surface area (Å²) in [6.07, 6.45) is 1.81. The number of hydrogen-bond donors (Lipinski definition) is 1. The van der Waals surface area contributed by atoms with Crippen molar-refractivity contribution in [2.24, 2.45) is 0 Å². The number of anilines is 1. The SMILES string of the molecule is Nc1snc2cc(CBr)cnc12. The second kappa shape index (κ2) is 2.99. The fourth-order valence-corrected chi connectivity index (χ4v) is 1.86. The van der Waals surface area contributed by atoms with Gasteiger partial charge in [-0.1, -0.05) is 15.9 Å². The molecule has 0 aliphatic carbocycles. The molecule has 2 heterocycles. The van der Waals surface area contributed by atoms with Crippen LogP contribution in [0.2, 0.25) is 0 Å². The van der Waals surface area contributed by atoms with Crippen molar-refractivity contribution in [3.63, 3.8) is 0 Å². The van der Waals surface area contributed by atoms with Gasteiger partial charge < -0.3 is 5.73 Å². The van der Waals surface area contributed by atoms with Crippen LogP contribution in [0.25, 0.3) is 11.0 Å². The van der Waals surface area contributed by atoms with Crippen LogP contribution in [-0.2, 0) is 5.33 Å². The molecule has 0 unspecified atom stereocenters. The Morgan fingerprint density at radius 1 is 1.58 bits per heavy atom. The highest BCUT2D eigenvalue weighted by molar-refractivity contribution is 9.08. The van der Waals surface area contributed by atoms with Crippen molar-refractivity contribution in [3.8, 4) is 0 Å². The summed E-state index contributed by atoms with van der Waals surface area (Å²) >= 11 is 4.64. The van der Waals surface area contributed by atoms with E-state index in [-0.39, 0.29) is 0 Å². The van der Waals surface area contributed by atoms with E-state index in [4.69, 9.17) is 5.73 Å². The standard InChI is InChI=1S/C7H6BrN3S/c8-2-4-1-5-6(10-3-4)7(9)12-11-5/h1,3H,2,9H2. The predicted molar refractivity (Wildman–Crippen MR) is 54.5 cm³/mol. The molecule has 2 N–H and O–H groups in total. The number of pyridine rings is 1. The van der Waals surface area contributed by atoms with E-state index < -0.39 is 0 Å². The summed E-state index contributed by atoms with van der Waals surface area (Å²) in [5, 5.41) is 1.49. The topological polar surface area (TPSA) is 51.8 Å². The number of nitrogens with two attached hydrogens (primary N) is 1. The summed E-state index contributed by atoms with van der Waals surface area (Å²) in [4.78, 5) is 4.20. The zero-order valence-corrected chi connectivity index (χ0v) is 8.52. The third kappa shape index (κ3) is 1.19. The number of rotatable bonds is 1. The van der Waals surface area contributed by atoms with E-state index in [0.717, 1.165) is 21.9 Å². The molecule has 0 saturated heterocycles. The van der Waals surface area contributed by atoms with Gasteiger partial charge in [0.15, 0.2) is 0 Å². The highest BCUT2D eigenvalue weighted by Crippen LogP contribution is 2.23. The Hall–Kier alpha value is -0.680. The summed E-state index contributed by atoms with van der Waals surface area (Å²) in [6.45, 7) is 0. The van der Waals surface area contributed by atoms with E-state index in [1.807, 2.05) is 12.3 Å². The second-order valence-electron chi connectivity index (χ2n) is 2.39. The monoisotopic (exact) mass is 243 g/mol. The highest BCUT2D eigenvalue weighted by atomic mass is 79.9. The first kappa shape index (κ1) is 7.94. The highest BCUT2D eigenvalue weighted by Gasteiger charge is 2.03. The van der Waals surface area contributed by atoms with Crippen LogP contribution < -0.4 is 5.73 Å². The molecule has 0 aromatic carbocycles. The first-order chi connectivity index (χ1) is 5.81. The maximum absolute atomic E-state index is 5.65. The predicted octanol–water partition coefficient (Wildman–Crippen LogP) is 2.17. The fraction of sp³-hybridized carbons (Fsp3) is 0.143. The minimum Gasteiger partial charge on any atom is -0.388 e. The van der Waals surface area contributed by atoms with Gasteiger partial charge in [0.2, 0.25) is 0 Å². The van der Waals surface area contributed by atoms with Gasteiger partial charge in [0.25, 0.3) is 0 Å². The van der Waals surface area contributed by atoms with Crippen molar-refractivity contribution < 1.29 is 0 Å². The van der Waals surface area contributed by atoms with E-state index in [2.05, 4.69) is 25.3 Å². The first-order valence-electron chi connectivity index (χ1n) is 3.37. The number of nitrogen functional groups attached to an aromatic ring is 1. The molecule has 0 bridgehead atoms. The molecule has 0 amide bonds. The molecule has 0 aliphatic rings. The zero-order valence-electron chi connectivity index (χ0n) is 6.12. The molecule has 0 saturated carbocycles. The van der Waals surface area contributed by atoms with Crippen LogP contribution in [0.5, 0.6) is 0 Å². The molecular weight excluding hydrogens is 238 g/mol. The van der Waals surface area contributed by atoms with Crippen LogP contribution in [0.1, 0.15) is 5.56 Å². The second-order valence-corrected chi connectivity index (χ2v) is 3.76. The molecule has 2 rings (SSSR count). The quantitative estimate of drug-likeness (QED) is 0.782. The molecule has 0 spiro atoms. The number of nitrogens with zero attached hydrogens (tertiary/aromatic N) is 2. The zero-order chi connectivity index (χ0) is 8.55. The third-order valence-electron chi connectivity index (χ3n) is 1.55. The molecular formula is C7H6BrN3S. The summed E-state index contributed by atoms with van der Waals surface area (Å²) in [6, 6.07) is 1.99. The summed E-state index contributed by atoms with van der Waals surface area (Å²) in [5.41, 5.74) is 8.46. The van der Waals surface area contributed by atoms with Crippen LogP contribution in [0.15, 0.2) is 12.3 Å². The Morgan fingerprint density at radius 3 is 3.17 bits per heavy atom. The summed E-state index contributed by atoms with van der Waals surface area (Å²) < 4.78 is 4.16. The Morgan fingerprint density at radius 2 is 2.42 bits per heavy atom. The van der Waals surface area contributed by atoms with E-state index >= 15 is 0 Å². The third-order valence-corrected chi connectivity index (χ3v) is 2.88. The maximum Gasteiger partial charge on any atom is 0.133 e. The lowest BCUT2D eigenvalue weighted by atomic mass is 10.3. The normalized spacial score (nSPS) is 10.8. The Bertz CT molecular complexity index is 412. The molecule has 5 heteroatoms. The van der Waals surface area contributed by atoms with Crippen molar-refractivity contribution in [1.82, 2.24) is 9.36 Å². The van der Waals surface area contributed by atoms with Gasteiger partial charge in [-0.05, 0) is 23.2 Å². The number of halogens is 1. The first-order valence-corrected chi connectivity index (χ1v) is 5.26. The Kier molecular flexibility index (Phi) is 1.98. The van der Waals surface area contributed by atoms with Crippen LogP contribution in [-0.4, -0.2) is 9.36 Å². The average molecular weight is 244 g/mol. The molecule has 62 valence electrons. The lowest BCUT2D eigenvalue weighted by Crippen LogP contribution is -1.84. The number of hydrogen-bond acceptors (Lipinski definition) is 4. The van der Waals surface area contributed by atoms with Gasteiger partial charge in [-0.25, -0.2) is 0 Å². The van der Waals surface area contributed by atoms with Gasteiger partial charge >= 0.3 is 0 Å². The molecule has 2 aromatic rings. The molecule has 0 aliphatic heterocycles. The van der Waals surface area contributed by atoms with Crippen LogP contribution in [0.3, 0.4) is 0 Å². The number of alkyl halides is 1. The van der Waals surface area contributed by atoms with E-state index in [0.29, 0.717) is 5.00 Å². The smallest absolute Gasteiger partial charge is 0.133 e. The minimum atomic E-state index is 0.686. The maximum atomic E-state index is 5.65. The van der Waals surface area contributed by atoms with Gasteiger partial charge in [0.1, 0.15) is 16.0 Å². The summed E-state index contributed by atoms with van der Waals surface area (Å²) in [5.74, 6) is 0. The molecule has 0 atom stereocenters. The van der Waals surface area contributed by atoms with Gasteiger partial charge in [0.05, 0.1) is 0 Å². The fourth-order valence-electron chi connectivity index (χ4n) is 0.969. The van der Waals surface area contributed by atoms with Gasteiger partial charge in [-0.15, -0.1) is 0 Å². The van der Waals surface area contributed by atoms with Crippen molar-refractivity contribution >= 4 is 43.5 Å². The lowest BCUT2D eigenvalue weighted by molar-refractivity contribution is 1.32. The molecule has 3 nitrogen and oxygen atoms in total. The Balaban J connectivity index is 2.69. The molecule has 2 aromatic heterocycles. The number of aromatic nitrogens is 2. The average Bonchev–Trinajstić information content (AvgIpc) is 2.47. The van der Waals surface area contributed by atoms with Crippen molar-refractivity contribution in [1.29, 1.82) is 0 Å². The van der Waals surface area contributed by atoms with Crippen molar-refractivity contribution in [2.75, 3.05) is 5.73 Å². The molecule has 0 fully saturated rings. The minimum absolute atomic E-state index is 0.686. The van der Waals surface area contributed by atoms with Crippen molar-refractivity contribution in [3.05, 3.63) is 17.8 Å². The van der Waals surface area contributed by atoms with Gasteiger partial charge in [-0.3, -0.25) is 4.98 Å². The van der Waals surface area contributed by atoms with E-state index in [1.165, 1.54) is 11.5 Å². The van der Waals surface area contributed by atoms with Crippen molar-refractivity contribution in [2.45, 2.75) is 5.33 Å². The van der Waals surface area contributed by atoms with E-state index in [9.17, 15) is 0 Å². The lowest BCUT2D eigenvalue weighted by Gasteiger charge is -1.93. The number of fused-ring (bicyclic) bond motifs is 1. The van der Waals surface area contributed by atoms with E-state index in [1.54, 1.807) is 0 Å². The van der Waals surface area contributed by atoms with Crippen LogP contribution in [0.4, 0.5) is 5.00 Å². The Labute approximate surface area is 81.9 Å². The summed E-state index contributed by atoms with van der Waals surface area (Å²) in [7, 11) is 0. The van der Waals surface area contributed by atoms with Gasteiger partial charge in [0, 0.05) is 11.5 Å². The van der Waals surface area contributed by atoms with Gasteiger partial charge in [-0.2, -0.15) is 4.37 Å². The van der Waals surface area contributed by atoms with Crippen LogP contribution in [0, 0.1) is 0 Å². The van der Waals surface area contributed by atoms with Crippen LogP contribution >= 0.6 is 27.5 Å². The molecule has 12 heavy (non-hydrogen) atoms. The molecule has 0 radical (unpaired) electrons.